The van der Waals surface area contributed by atoms with Crippen LogP contribution in [0.5, 0.6) is 0 Å². The van der Waals surface area contributed by atoms with E-state index in [1.807, 2.05) is 6.92 Å². The molecule has 3 aromatic rings. The van der Waals surface area contributed by atoms with E-state index < -0.39 is 23.7 Å². The zero-order valence-corrected chi connectivity index (χ0v) is 17.9. The summed E-state index contributed by atoms with van der Waals surface area (Å²) in [4.78, 5) is 33.1. The summed E-state index contributed by atoms with van der Waals surface area (Å²) >= 11 is 1.18. The molecule has 168 valence electrons. The number of amides is 3. The number of urea groups is 1. The summed E-state index contributed by atoms with van der Waals surface area (Å²) in [6.45, 7) is 2.44. The Hall–Kier alpha value is -3.41. The van der Waals surface area contributed by atoms with Gasteiger partial charge in [-0.1, -0.05) is 18.3 Å². The van der Waals surface area contributed by atoms with E-state index in [9.17, 15) is 22.8 Å². The number of aromatic nitrogens is 3. The molecule has 0 fully saturated rings. The van der Waals surface area contributed by atoms with Crippen molar-refractivity contribution in [2.45, 2.75) is 25.9 Å². The van der Waals surface area contributed by atoms with Crippen molar-refractivity contribution in [3.63, 3.8) is 0 Å². The lowest BCUT2D eigenvalue weighted by Gasteiger charge is -2.16. The van der Waals surface area contributed by atoms with Gasteiger partial charge in [0.1, 0.15) is 6.33 Å². The van der Waals surface area contributed by atoms with Gasteiger partial charge < -0.3 is 10.6 Å². The summed E-state index contributed by atoms with van der Waals surface area (Å²) in [6, 6.07) is 3.03. The number of hydrogen-bond donors (Lipinski definition) is 3. The average Bonchev–Trinajstić information content (AvgIpc) is 3.41. The minimum atomic E-state index is -4.68. The van der Waals surface area contributed by atoms with E-state index in [2.05, 4.69) is 25.9 Å². The number of anilines is 1. The monoisotopic (exact) mass is 464 g/mol. The van der Waals surface area contributed by atoms with E-state index in [0.717, 1.165) is 12.5 Å². The first-order valence-electron chi connectivity index (χ1n) is 9.77. The fourth-order valence-electron chi connectivity index (χ4n) is 3.45. The number of hydrogen-bond acceptors (Lipinski definition) is 5. The number of rotatable bonds is 5. The van der Waals surface area contributed by atoms with E-state index in [1.54, 1.807) is 0 Å². The lowest BCUT2D eigenvalue weighted by Crippen LogP contribution is -2.29. The number of nitrogens with zero attached hydrogens (tertiary/aromatic N) is 3. The third kappa shape index (κ3) is 3.93. The van der Waals surface area contributed by atoms with Crippen LogP contribution in [0.2, 0.25) is 0 Å². The third-order valence-corrected chi connectivity index (χ3v) is 5.92. The highest BCUT2D eigenvalue weighted by Gasteiger charge is 2.37. The lowest BCUT2D eigenvalue weighted by molar-refractivity contribution is -0.137. The van der Waals surface area contributed by atoms with Crippen molar-refractivity contribution >= 4 is 28.4 Å². The predicted octanol–water partition coefficient (Wildman–Crippen LogP) is 3.81. The number of carbonyl (C=O) groups excluding carboxylic acids is 2. The Kier molecular flexibility index (Phi) is 5.63. The van der Waals surface area contributed by atoms with Crippen molar-refractivity contribution in [3.05, 3.63) is 47.0 Å². The smallest absolute Gasteiger partial charge is 0.355 e. The van der Waals surface area contributed by atoms with Crippen LogP contribution in [0, 0.1) is 0 Å². The molecular formula is C20H19F3N6O2S. The Morgan fingerprint density at radius 1 is 1.25 bits per heavy atom. The van der Waals surface area contributed by atoms with Crippen LogP contribution < -0.4 is 16.0 Å². The number of halogens is 3. The van der Waals surface area contributed by atoms with Crippen molar-refractivity contribution in [2.24, 2.45) is 0 Å². The fraction of sp³-hybridized carbons (Fsp3) is 0.300. The van der Waals surface area contributed by atoms with Crippen LogP contribution >= 0.6 is 11.3 Å². The molecule has 1 aliphatic carbocycles. The highest BCUT2D eigenvalue weighted by atomic mass is 32.1. The lowest BCUT2D eigenvalue weighted by atomic mass is 10.1. The van der Waals surface area contributed by atoms with Gasteiger partial charge >= 0.3 is 12.2 Å². The second-order valence-corrected chi connectivity index (χ2v) is 8.07. The van der Waals surface area contributed by atoms with Crippen LogP contribution in [0.4, 0.5) is 23.1 Å². The quantitative estimate of drug-likeness (QED) is 0.418. The Labute approximate surface area is 184 Å². The zero-order chi connectivity index (χ0) is 23.0. The Balaban J connectivity index is 1.74. The molecule has 2 aromatic heterocycles. The molecule has 1 aliphatic rings. The molecule has 1 aromatic carbocycles. The summed E-state index contributed by atoms with van der Waals surface area (Å²) in [5.41, 5.74) is 0.554. The van der Waals surface area contributed by atoms with E-state index in [4.69, 9.17) is 0 Å². The van der Waals surface area contributed by atoms with Crippen molar-refractivity contribution < 1.29 is 22.8 Å². The van der Waals surface area contributed by atoms with E-state index in [0.29, 0.717) is 40.1 Å². The highest BCUT2D eigenvalue weighted by molar-refractivity contribution is 7.19. The molecule has 3 N–H and O–H groups in total. The molecule has 8 nitrogen and oxygen atoms in total. The van der Waals surface area contributed by atoms with Crippen LogP contribution in [0.1, 0.15) is 40.7 Å². The Morgan fingerprint density at radius 2 is 2.03 bits per heavy atom. The van der Waals surface area contributed by atoms with Gasteiger partial charge in [-0.2, -0.15) is 13.2 Å². The number of alkyl halides is 3. The summed E-state index contributed by atoms with van der Waals surface area (Å²) in [5, 5.41) is 8.02. The number of benzene rings is 1. The van der Waals surface area contributed by atoms with Gasteiger partial charge in [-0.3, -0.25) is 14.7 Å². The van der Waals surface area contributed by atoms with Gasteiger partial charge in [0.2, 0.25) is 0 Å². The second kappa shape index (κ2) is 8.26. The molecule has 12 heteroatoms. The van der Waals surface area contributed by atoms with Gasteiger partial charge in [0.25, 0.3) is 5.91 Å². The van der Waals surface area contributed by atoms with Gasteiger partial charge in [-0.05, 0) is 24.6 Å². The maximum absolute atomic E-state index is 13.9. The zero-order valence-electron chi connectivity index (χ0n) is 17.1. The van der Waals surface area contributed by atoms with Crippen LogP contribution in [-0.4, -0.2) is 40.1 Å². The summed E-state index contributed by atoms with van der Waals surface area (Å²) in [7, 11) is 1.35. The first kappa shape index (κ1) is 21.8. The first-order chi connectivity index (χ1) is 15.2. The highest BCUT2D eigenvalue weighted by Crippen LogP contribution is 2.44. The number of imidazole rings is 1. The molecule has 0 atom stereocenters. The molecule has 0 saturated carbocycles. The molecule has 4 rings (SSSR count). The van der Waals surface area contributed by atoms with Crippen molar-refractivity contribution in [1.82, 2.24) is 25.2 Å². The maximum Gasteiger partial charge on any atom is 0.418 e. The summed E-state index contributed by atoms with van der Waals surface area (Å²) in [6.07, 6.45) is -2.22. The molecule has 0 saturated heterocycles. The molecule has 0 aliphatic heterocycles. The molecular weight excluding hydrogens is 445 g/mol. The Bertz CT molecular complexity index is 1200. The predicted molar refractivity (Wildman–Crippen MR) is 113 cm³/mol. The largest absolute Gasteiger partial charge is 0.418 e. The Morgan fingerprint density at radius 3 is 2.72 bits per heavy atom. The van der Waals surface area contributed by atoms with Crippen LogP contribution in [0.25, 0.3) is 16.3 Å². The van der Waals surface area contributed by atoms with Gasteiger partial charge in [-0.25, -0.2) is 14.8 Å². The van der Waals surface area contributed by atoms with Gasteiger partial charge in [0.05, 0.1) is 33.2 Å². The van der Waals surface area contributed by atoms with Crippen molar-refractivity contribution in [3.8, 4) is 16.3 Å². The molecule has 0 radical (unpaired) electrons. The van der Waals surface area contributed by atoms with Crippen molar-refractivity contribution in [2.75, 3.05) is 18.9 Å². The van der Waals surface area contributed by atoms with Gasteiger partial charge in [-0.15, -0.1) is 0 Å². The minimum Gasteiger partial charge on any atom is -0.355 e. The first-order valence-corrected chi connectivity index (χ1v) is 10.6. The molecule has 2 heterocycles. The number of nitrogens with one attached hydrogen (secondary N) is 3. The number of carbonyl (C=O) groups is 2. The van der Waals surface area contributed by atoms with Crippen LogP contribution in [-0.2, 0) is 12.6 Å². The molecule has 0 spiro atoms. The number of thiazole rings is 1. The third-order valence-electron chi connectivity index (χ3n) is 4.90. The van der Waals surface area contributed by atoms with Crippen LogP contribution in [0.3, 0.4) is 0 Å². The van der Waals surface area contributed by atoms with Gasteiger partial charge in [0, 0.05) is 25.6 Å². The average molecular weight is 464 g/mol. The van der Waals surface area contributed by atoms with E-state index in [1.165, 1.54) is 41.4 Å². The molecule has 32 heavy (non-hydrogen) atoms. The van der Waals surface area contributed by atoms with Crippen LogP contribution in [0.15, 0.2) is 24.5 Å². The maximum atomic E-state index is 13.9. The minimum absolute atomic E-state index is 0.0941. The normalized spacial score (nSPS) is 12.3. The summed E-state index contributed by atoms with van der Waals surface area (Å²) < 4.78 is 42.9. The topological polar surface area (TPSA) is 101 Å². The SMILES string of the molecule is CCCNC(=O)Nc1nc2c(s1)-c1c(ncn1-c1ccc(C(=O)NC)cc1C(F)(F)F)C2. The van der Waals surface area contributed by atoms with E-state index in [-0.39, 0.29) is 11.3 Å². The van der Waals surface area contributed by atoms with Gasteiger partial charge in [0.15, 0.2) is 5.13 Å². The van der Waals surface area contributed by atoms with E-state index >= 15 is 0 Å². The number of fused-ring (bicyclic) bond motifs is 3. The molecule has 0 bridgehead atoms. The molecule has 3 amide bonds. The second-order valence-electron chi connectivity index (χ2n) is 7.07. The summed E-state index contributed by atoms with van der Waals surface area (Å²) in [5.74, 6) is -0.611. The molecule has 0 unspecified atom stereocenters. The van der Waals surface area contributed by atoms with Crippen molar-refractivity contribution in [1.29, 1.82) is 0 Å². The standard InChI is InChI=1S/C20H19F3N6O2S/c1-3-6-25-18(31)28-19-27-13-8-12-15(16(13)32-19)29(9-26-12)14-5-4-10(17(30)24-2)7-11(14)20(21,22)23/h4-5,7,9H,3,6,8H2,1-2H3,(H,24,30)(H2,25,27,28,31). The fourth-order valence-corrected chi connectivity index (χ4v) is 4.49.